The molecule has 1 fully saturated rings. The molecule has 0 aliphatic carbocycles. The third-order valence-electron chi connectivity index (χ3n) is 4.14. The summed E-state index contributed by atoms with van der Waals surface area (Å²) in [6, 6.07) is 1.49. The van der Waals surface area contributed by atoms with Crippen molar-refractivity contribution >= 4 is 0 Å². The van der Waals surface area contributed by atoms with E-state index in [1.54, 1.807) is 0 Å². The smallest absolute Gasteiger partial charge is 0.0153 e. The van der Waals surface area contributed by atoms with Crippen LogP contribution < -0.4 is 0 Å². The van der Waals surface area contributed by atoms with Gasteiger partial charge in [0.25, 0.3) is 0 Å². The Bertz CT molecular complexity index is 199. The second kappa shape index (κ2) is 4.84. The van der Waals surface area contributed by atoms with Gasteiger partial charge in [0.1, 0.15) is 0 Å². The van der Waals surface area contributed by atoms with Crippen molar-refractivity contribution in [2.45, 2.75) is 52.1 Å². The van der Waals surface area contributed by atoms with Gasteiger partial charge in [0.15, 0.2) is 0 Å². The second-order valence-corrected chi connectivity index (χ2v) is 6.00. The molecular formula is C13H28N2. The number of rotatable bonds is 2. The predicted molar refractivity (Wildman–Crippen MR) is 67.2 cm³/mol. The van der Waals surface area contributed by atoms with Gasteiger partial charge in [-0.15, -0.1) is 0 Å². The highest BCUT2D eigenvalue weighted by atomic mass is 15.2. The lowest BCUT2D eigenvalue weighted by molar-refractivity contribution is 0.120. The molecular weight excluding hydrogens is 184 g/mol. The van der Waals surface area contributed by atoms with E-state index in [0.29, 0.717) is 5.41 Å². The average Bonchev–Trinajstić information content (AvgIpc) is 2.23. The van der Waals surface area contributed by atoms with Crippen molar-refractivity contribution < 1.29 is 0 Å². The molecule has 1 aliphatic rings. The third kappa shape index (κ3) is 2.94. The Labute approximate surface area is 95.6 Å². The summed E-state index contributed by atoms with van der Waals surface area (Å²) in [7, 11) is 6.72. The van der Waals surface area contributed by atoms with Gasteiger partial charge < -0.3 is 9.80 Å². The predicted octanol–water partition coefficient (Wildman–Crippen LogP) is 2.45. The Balaban J connectivity index is 2.80. The van der Waals surface area contributed by atoms with E-state index in [0.717, 1.165) is 12.1 Å². The zero-order valence-corrected chi connectivity index (χ0v) is 11.4. The lowest BCUT2D eigenvalue weighted by Gasteiger charge is -2.38. The van der Waals surface area contributed by atoms with Gasteiger partial charge in [-0.3, -0.25) is 0 Å². The first-order chi connectivity index (χ1) is 6.88. The van der Waals surface area contributed by atoms with Gasteiger partial charge in [-0.25, -0.2) is 0 Å². The molecule has 0 aromatic rings. The van der Waals surface area contributed by atoms with Crippen molar-refractivity contribution in [1.82, 2.24) is 9.80 Å². The molecule has 1 rings (SSSR count). The van der Waals surface area contributed by atoms with Crippen molar-refractivity contribution in [3.05, 3.63) is 0 Å². The molecule has 90 valence electrons. The van der Waals surface area contributed by atoms with Crippen molar-refractivity contribution in [2.75, 3.05) is 27.7 Å². The van der Waals surface area contributed by atoms with Gasteiger partial charge >= 0.3 is 0 Å². The van der Waals surface area contributed by atoms with Crippen LogP contribution in [0.1, 0.15) is 40.0 Å². The van der Waals surface area contributed by atoms with Crippen LogP contribution in [-0.4, -0.2) is 49.6 Å². The van der Waals surface area contributed by atoms with Gasteiger partial charge in [0.05, 0.1) is 0 Å². The van der Waals surface area contributed by atoms with Gasteiger partial charge in [0.2, 0.25) is 0 Å². The maximum absolute atomic E-state index is 2.55. The molecule has 2 unspecified atom stereocenters. The van der Waals surface area contributed by atoms with Gasteiger partial charge in [-0.1, -0.05) is 20.8 Å². The highest BCUT2D eigenvalue weighted by Gasteiger charge is 2.36. The summed E-state index contributed by atoms with van der Waals surface area (Å²) in [6.07, 6.45) is 3.90. The number of likely N-dealkylation sites (tertiary alicyclic amines) is 1. The Kier molecular flexibility index (Phi) is 4.19. The zero-order valence-electron chi connectivity index (χ0n) is 11.4. The van der Waals surface area contributed by atoms with E-state index in [1.165, 1.54) is 25.8 Å². The van der Waals surface area contributed by atoms with Crippen LogP contribution in [-0.2, 0) is 0 Å². The van der Waals surface area contributed by atoms with Crippen LogP contribution in [0.5, 0.6) is 0 Å². The Morgan fingerprint density at radius 1 is 1.33 bits per heavy atom. The van der Waals surface area contributed by atoms with E-state index in [4.69, 9.17) is 0 Å². The highest BCUT2D eigenvalue weighted by Crippen LogP contribution is 2.36. The monoisotopic (exact) mass is 212 g/mol. The van der Waals surface area contributed by atoms with Crippen molar-refractivity contribution in [2.24, 2.45) is 5.41 Å². The van der Waals surface area contributed by atoms with Gasteiger partial charge in [0, 0.05) is 12.1 Å². The SMILES string of the molecule is CCC1CC(C)(C)C(N(C)C)CCN1C. The largest absolute Gasteiger partial charge is 0.306 e. The Morgan fingerprint density at radius 2 is 1.93 bits per heavy atom. The minimum Gasteiger partial charge on any atom is -0.306 e. The van der Waals surface area contributed by atoms with Crippen LogP contribution >= 0.6 is 0 Å². The van der Waals surface area contributed by atoms with E-state index in [9.17, 15) is 0 Å². The molecule has 2 nitrogen and oxygen atoms in total. The minimum atomic E-state index is 0.439. The Morgan fingerprint density at radius 3 is 2.40 bits per heavy atom. The first-order valence-corrected chi connectivity index (χ1v) is 6.25. The van der Waals surface area contributed by atoms with E-state index >= 15 is 0 Å². The molecule has 1 heterocycles. The lowest BCUT2D eigenvalue weighted by Crippen LogP contribution is -2.41. The number of hydrogen-bond donors (Lipinski definition) is 0. The topological polar surface area (TPSA) is 6.48 Å². The molecule has 1 saturated heterocycles. The molecule has 0 aromatic heterocycles. The summed E-state index contributed by atoms with van der Waals surface area (Å²) in [6.45, 7) is 8.41. The molecule has 0 radical (unpaired) electrons. The first kappa shape index (κ1) is 13.0. The highest BCUT2D eigenvalue weighted by molar-refractivity contribution is 4.91. The first-order valence-electron chi connectivity index (χ1n) is 6.25. The summed E-state index contributed by atoms with van der Waals surface area (Å²) in [5, 5.41) is 0. The molecule has 0 bridgehead atoms. The van der Waals surface area contributed by atoms with Gasteiger partial charge in [-0.2, -0.15) is 0 Å². The Hall–Kier alpha value is -0.0800. The molecule has 2 atom stereocenters. The normalized spacial score (nSPS) is 33.0. The van der Waals surface area contributed by atoms with Crippen molar-refractivity contribution in [3.8, 4) is 0 Å². The van der Waals surface area contributed by atoms with E-state index < -0.39 is 0 Å². The van der Waals surface area contributed by atoms with Crippen molar-refractivity contribution in [3.63, 3.8) is 0 Å². The minimum absolute atomic E-state index is 0.439. The van der Waals surface area contributed by atoms with Crippen LogP contribution in [0.4, 0.5) is 0 Å². The summed E-state index contributed by atoms with van der Waals surface area (Å²) >= 11 is 0. The number of hydrogen-bond acceptors (Lipinski definition) is 2. The van der Waals surface area contributed by atoms with Crippen LogP contribution in [0.2, 0.25) is 0 Å². The molecule has 15 heavy (non-hydrogen) atoms. The van der Waals surface area contributed by atoms with E-state index in [1.807, 2.05) is 0 Å². The molecule has 2 heteroatoms. The summed E-state index contributed by atoms with van der Waals surface area (Å²) < 4.78 is 0. The zero-order chi connectivity index (χ0) is 11.6. The second-order valence-electron chi connectivity index (χ2n) is 6.00. The van der Waals surface area contributed by atoms with Crippen LogP contribution in [0.25, 0.3) is 0 Å². The molecule has 0 amide bonds. The summed E-state index contributed by atoms with van der Waals surface area (Å²) in [4.78, 5) is 4.96. The molecule has 0 N–H and O–H groups in total. The molecule has 1 aliphatic heterocycles. The summed E-state index contributed by atoms with van der Waals surface area (Å²) in [5.74, 6) is 0. The average molecular weight is 212 g/mol. The lowest BCUT2D eigenvalue weighted by atomic mass is 9.77. The number of nitrogens with zero attached hydrogens (tertiary/aromatic N) is 2. The van der Waals surface area contributed by atoms with Crippen LogP contribution in [0.3, 0.4) is 0 Å². The maximum atomic E-state index is 2.55. The maximum Gasteiger partial charge on any atom is 0.0153 e. The molecule has 0 spiro atoms. The van der Waals surface area contributed by atoms with Crippen molar-refractivity contribution in [1.29, 1.82) is 0 Å². The van der Waals surface area contributed by atoms with E-state index in [-0.39, 0.29) is 0 Å². The quantitative estimate of drug-likeness (QED) is 0.694. The third-order valence-corrected chi connectivity index (χ3v) is 4.14. The fraction of sp³-hybridized carbons (Fsp3) is 1.00. The fourth-order valence-electron chi connectivity index (χ4n) is 3.21. The molecule has 0 saturated carbocycles. The summed E-state index contributed by atoms with van der Waals surface area (Å²) in [5.41, 5.74) is 0.439. The molecule has 0 aromatic carbocycles. The van der Waals surface area contributed by atoms with E-state index in [2.05, 4.69) is 51.7 Å². The van der Waals surface area contributed by atoms with Crippen LogP contribution in [0, 0.1) is 5.41 Å². The van der Waals surface area contributed by atoms with Gasteiger partial charge in [-0.05, 0) is 52.4 Å². The fourth-order valence-corrected chi connectivity index (χ4v) is 3.21. The van der Waals surface area contributed by atoms with Crippen LogP contribution in [0.15, 0.2) is 0 Å². The standard InChI is InChI=1S/C13H28N2/c1-7-11-10-13(2,3)12(14(4)5)8-9-15(11)6/h11-12H,7-10H2,1-6H3.